The van der Waals surface area contributed by atoms with E-state index < -0.39 is 0 Å². The molecule has 0 N–H and O–H groups in total. The van der Waals surface area contributed by atoms with Crippen molar-refractivity contribution >= 4 is 34.2 Å². The molecule has 3 aromatic rings. The van der Waals surface area contributed by atoms with Crippen molar-refractivity contribution in [3.05, 3.63) is 58.6 Å². The first-order chi connectivity index (χ1) is 9.99. The average Bonchev–Trinajstić information content (AvgIpc) is 2.80. The van der Waals surface area contributed by atoms with E-state index in [-0.39, 0.29) is 11.2 Å². The minimum atomic E-state index is -0.294. The monoisotopic (exact) mass is 322 g/mol. The van der Waals surface area contributed by atoms with E-state index in [0.29, 0.717) is 10.8 Å². The molecule has 1 atom stereocenters. The highest BCUT2D eigenvalue weighted by Crippen LogP contribution is 2.33. The second kappa shape index (κ2) is 5.32. The van der Waals surface area contributed by atoms with Gasteiger partial charge in [0.05, 0.1) is 27.1 Å². The van der Waals surface area contributed by atoms with Crippen LogP contribution in [0, 0.1) is 12.7 Å². The van der Waals surface area contributed by atoms with Crippen molar-refractivity contribution < 1.29 is 4.39 Å². The van der Waals surface area contributed by atoms with E-state index in [2.05, 4.69) is 4.98 Å². The molecule has 1 aromatic heterocycles. The Morgan fingerprint density at radius 1 is 1.24 bits per heavy atom. The molecule has 0 fully saturated rings. The van der Waals surface area contributed by atoms with Crippen LogP contribution in [0.4, 0.5) is 4.39 Å². The maximum absolute atomic E-state index is 13.4. The average molecular weight is 323 g/mol. The molecule has 0 aliphatic carbocycles. The van der Waals surface area contributed by atoms with Gasteiger partial charge in [-0.3, -0.25) is 4.57 Å². The summed E-state index contributed by atoms with van der Waals surface area (Å²) in [7, 11) is 0. The number of benzene rings is 2. The van der Waals surface area contributed by atoms with E-state index in [1.165, 1.54) is 12.1 Å². The molecular weight excluding hydrogens is 310 g/mol. The van der Waals surface area contributed by atoms with Crippen molar-refractivity contribution in [2.75, 3.05) is 0 Å². The summed E-state index contributed by atoms with van der Waals surface area (Å²) in [4.78, 5) is 4.57. The van der Waals surface area contributed by atoms with Gasteiger partial charge in [-0.05, 0) is 49.7 Å². The Bertz CT molecular complexity index is 825. The SMILES string of the molecule is Cc1cc(F)ccc1-n1c(C(C)Cl)nc2cccc(Cl)c21. The molecule has 0 bridgehead atoms. The van der Waals surface area contributed by atoms with Gasteiger partial charge in [0.25, 0.3) is 0 Å². The highest BCUT2D eigenvalue weighted by atomic mass is 35.5. The Balaban J connectivity index is 2.41. The summed E-state index contributed by atoms with van der Waals surface area (Å²) in [6.45, 7) is 3.70. The zero-order valence-corrected chi connectivity index (χ0v) is 13.1. The topological polar surface area (TPSA) is 17.8 Å². The van der Waals surface area contributed by atoms with Gasteiger partial charge >= 0.3 is 0 Å². The van der Waals surface area contributed by atoms with E-state index in [1.54, 1.807) is 6.07 Å². The highest BCUT2D eigenvalue weighted by molar-refractivity contribution is 6.35. The van der Waals surface area contributed by atoms with Crippen molar-refractivity contribution in [1.29, 1.82) is 0 Å². The van der Waals surface area contributed by atoms with Gasteiger partial charge in [-0.1, -0.05) is 17.7 Å². The molecule has 0 aliphatic rings. The van der Waals surface area contributed by atoms with Gasteiger partial charge in [-0.15, -0.1) is 11.6 Å². The predicted molar refractivity (Wildman–Crippen MR) is 85.0 cm³/mol. The van der Waals surface area contributed by atoms with Crippen molar-refractivity contribution in [2.24, 2.45) is 0 Å². The van der Waals surface area contributed by atoms with Gasteiger partial charge in [-0.2, -0.15) is 0 Å². The lowest BCUT2D eigenvalue weighted by atomic mass is 10.2. The van der Waals surface area contributed by atoms with Crippen LogP contribution in [0.2, 0.25) is 5.02 Å². The van der Waals surface area contributed by atoms with Crippen LogP contribution in [0.3, 0.4) is 0 Å². The summed E-state index contributed by atoms with van der Waals surface area (Å²) in [6, 6.07) is 10.2. The lowest BCUT2D eigenvalue weighted by Crippen LogP contribution is -2.04. The van der Waals surface area contributed by atoms with Crippen LogP contribution in [0.25, 0.3) is 16.7 Å². The number of halogens is 3. The quantitative estimate of drug-likeness (QED) is 0.575. The van der Waals surface area contributed by atoms with Crippen LogP contribution in [0.1, 0.15) is 23.7 Å². The summed E-state index contributed by atoms with van der Waals surface area (Å²) in [5.41, 5.74) is 3.19. The minimum Gasteiger partial charge on any atom is -0.293 e. The summed E-state index contributed by atoms with van der Waals surface area (Å²) in [6.07, 6.45) is 0. The van der Waals surface area contributed by atoms with Gasteiger partial charge in [0.2, 0.25) is 0 Å². The molecule has 0 spiro atoms. The molecule has 108 valence electrons. The first kappa shape index (κ1) is 14.4. The van der Waals surface area contributed by atoms with E-state index in [4.69, 9.17) is 23.2 Å². The molecule has 0 radical (unpaired) electrons. The fourth-order valence-corrected chi connectivity index (χ4v) is 2.88. The molecular formula is C16H13Cl2FN2. The van der Waals surface area contributed by atoms with Crippen LogP contribution in [0.5, 0.6) is 0 Å². The van der Waals surface area contributed by atoms with E-state index >= 15 is 0 Å². The molecule has 1 heterocycles. The van der Waals surface area contributed by atoms with Crippen LogP contribution >= 0.6 is 23.2 Å². The number of imidazole rings is 1. The first-order valence-electron chi connectivity index (χ1n) is 6.56. The van der Waals surface area contributed by atoms with Crippen LogP contribution in [-0.4, -0.2) is 9.55 Å². The highest BCUT2D eigenvalue weighted by Gasteiger charge is 2.19. The summed E-state index contributed by atoms with van der Waals surface area (Å²) in [5, 5.41) is 0.296. The second-order valence-electron chi connectivity index (χ2n) is 4.96. The largest absolute Gasteiger partial charge is 0.293 e. The molecule has 1 unspecified atom stereocenters. The second-order valence-corrected chi connectivity index (χ2v) is 6.02. The molecule has 21 heavy (non-hydrogen) atoms. The third-order valence-corrected chi connectivity index (χ3v) is 3.91. The van der Waals surface area contributed by atoms with Crippen molar-refractivity contribution in [3.63, 3.8) is 0 Å². The normalized spacial score (nSPS) is 12.8. The first-order valence-corrected chi connectivity index (χ1v) is 7.38. The predicted octanol–water partition coefficient (Wildman–Crippen LogP) is 5.43. The molecule has 0 saturated heterocycles. The van der Waals surface area contributed by atoms with Gasteiger partial charge in [0.15, 0.2) is 0 Å². The smallest absolute Gasteiger partial charge is 0.132 e. The summed E-state index contributed by atoms with van der Waals surface area (Å²) in [5.74, 6) is 0.418. The van der Waals surface area contributed by atoms with Crippen molar-refractivity contribution in [1.82, 2.24) is 9.55 Å². The molecule has 2 aromatic carbocycles. The van der Waals surface area contributed by atoms with E-state index in [9.17, 15) is 4.39 Å². The van der Waals surface area contributed by atoms with E-state index in [0.717, 1.165) is 22.3 Å². The van der Waals surface area contributed by atoms with Crippen molar-refractivity contribution in [3.8, 4) is 5.69 Å². The Kier molecular flexibility index (Phi) is 3.64. The molecule has 3 rings (SSSR count). The molecule has 0 saturated carbocycles. The van der Waals surface area contributed by atoms with E-state index in [1.807, 2.05) is 36.6 Å². The van der Waals surface area contributed by atoms with Gasteiger partial charge in [0.1, 0.15) is 11.6 Å². The Morgan fingerprint density at radius 2 is 2.00 bits per heavy atom. The lowest BCUT2D eigenvalue weighted by molar-refractivity contribution is 0.626. The van der Waals surface area contributed by atoms with Crippen molar-refractivity contribution in [2.45, 2.75) is 19.2 Å². The summed E-state index contributed by atoms with van der Waals surface area (Å²) < 4.78 is 15.3. The maximum atomic E-state index is 13.4. The molecule has 2 nitrogen and oxygen atoms in total. The van der Waals surface area contributed by atoms with Gasteiger partial charge < -0.3 is 0 Å². The lowest BCUT2D eigenvalue weighted by Gasteiger charge is -2.14. The molecule has 5 heteroatoms. The number of hydrogen-bond acceptors (Lipinski definition) is 1. The fourth-order valence-electron chi connectivity index (χ4n) is 2.48. The Labute approximate surface area is 132 Å². The maximum Gasteiger partial charge on any atom is 0.132 e. The van der Waals surface area contributed by atoms with Crippen LogP contribution < -0.4 is 0 Å². The Morgan fingerprint density at radius 3 is 2.67 bits per heavy atom. The number of rotatable bonds is 2. The zero-order valence-electron chi connectivity index (χ0n) is 11.6. The van der Waals surface area contributed by atoms with Crippen LogP contribution in [0.15, 0.2) is 36.4 Å². The number of fused-ring (bicyclic) bond motifs is 1. The standard InChI is InChI=1S/C16H13Cl2FN2/c1-9-8-11(19)6-7-14(9)21-15-12(18)4-3-5-13(15)20-16(21)10(2)17/h3-8,10H,1-2H3. The number of aryl methyl sites for hydroxylation is 1. The Hall–Kier alpha value is -1.58. The fraction of sp³-hybridized carbons (Fsp3) is 0.188. The molecule has 0 aliphatic heterocycles. The number of nitrogens with zero attached hydrogens (tertiary/aromatic N) is 2. The third-order valence-electron chi connectivity index (χ3n) is 3.41. The van der Waals surface area contributed by atoms with Gasteiger partial charge in [-0.25, -0.2) is 9.37 Å². The molecule has 0 amide bonds. The van der Waals surface area contributed by atoms with Crippen LogP contribution in [-0.2, 0) is 0 Å². The number of aromatic nitrogens is 2. The van der Waals surface area contributed by atoms with Gasteiger partial charge in [0, 0.05) is 0 Å². The number of alkyl halides is 1. The number of para-hydroxylation sites is 1. The summed E-state index contributed by atoms with van der Waals surface area (Å²) >= 11 is 12.6. The third kappa shape index (κ3) is 2.41. The zero-order chi connectivity index (χ0) is 15.1. The number of hydrogen-bond donors (Lipinski definition) is 0. The minimum absolute atomic E-state index is 0.271.